The Morgan fingerprint density at radius 1 is 0.143 bits per heavy atom. The maximum atomic E-state index is 9.56. The number of rotatable bonds is 11. The van der Waals surface area contributed by atoms with E-state index in [-0.39, 0.29) is 0 Å². The topological polar surface area (TPSA) is 91.1 Å². The second kappa shape index (κ2) is 27.6. The second-order valence-corrected chi connectivity index (χ2v) is 28.6. The van der Waals surface area contributed by atoms with E-state index in [1.54, 1.807) is 0 Å². The summed E-state index contributed by atoms with van der Waals surface area (Å²) in [6, 6.07) is 146. The molecule has 0 N–H and O–H groups in total. The van der Waals surface area contributed by atoms with E-state index in [4.69, 9.17) is 0 Å². The number of aromatic nitrogens is 4. The van der Waals surface area contributed by atoms with Crippen LogP contribution in [-0.2, 0) is 0 Å². The largest absolute Gasteiger partial charge is 0.309 e. The zero-order valence-corrected chi connectivity index (χ0v) is 60.7. The number of hydrogen-bond acceptors (Lipinski definition) is 3. The van der Waals surface area contributed by atoms with Crippen molar-refractivity contribution in [2.24, 2.45) is 0 Å². The lowest BCUT2D eigenvalue weighted by Gasteiger charge is -2.11. The third-order valence-corrected chi connectivity index (χ3v) is 22.1. The molecule has 4 aromatic heterocycles. The highest BCUT2D eigenvalue weighted by atomic mass is 15.0. The highest BCUT2D eigenvalue weighted by Crippen LogP contribution is 2.43. The molecule has 21 rings (SSSR count). The summed E-state index contributed by atoms with van der Waals surface area (Å²) in [5.74, 6) is 0. The molecule has 4 heterocycles. The van der Waals surface area contributed by atoms with Gasteiger partial charge >= 0.3 is 0 Å². The van der Waals surface area contributed by atoms with Crippen molar-refractivity contribution in [3.63, 3.8) is 0 Å². The van der Waals surface area contributed by atoms with Crippen molar-refractivity contribution in [1.82, 2.24) is 18.3 Å². The first kappa shape index (κ1) is 65.9. The summed E-state index contributed by atoms with van der Waals surface area (Å²) in [6.45, 7) is 0. The van der Waals surface area contributed by atoms with E-state index in [0.717, 1.165) is 94.8 Å². The molecular formula is C105H65N7. The first-order valence-corrected chi connectivity index (χ1v) is 37.6. The third kappa shape index (κ3) is 11.6. The van der Waals surface area contributed by atoms with Gasteiger partial charge in [-0.1, -0.05) is 243 Å². The zero-order valence-electron chi connectivity index (χ0n) is 60.7. The van der Waals surface area contributed by atoms with Gasteiger partial charge in [-0.3, -0.25) is 0 Å². The minimum Gasteiger partial charge on any atom is -0.309 e. The number of hydrogen-bond donors (Lipinski definition) is 0. The summed E-state index contributed by atoms with van der Waals surface area (Å²) in [5, 5.41) is 38.0. The number of benzene rings is 17. The average molecular weight is 1420 g/mol. The Hall–Kier alpha value is -15.6. The molecule has 0 spiro atoms. The van der Waals surface area contributed by atoms with Crippen LogP contribution in [-0.4, -0.2) is 18.3 Å². The fourth-order valence-electron chi connectivity index (χ4n) is 16.8. The van der Waals surface area contributed by atoms with E-state index in [0.29, 0.717) is 16.7 Å². The molecule has 7 nitrogen and oxygen atoms in total. The minimum atomic E-state index is 0.644. The average Bonchev–Trinajstić information content (AvgIpc) is 1.61. The Morgan fingerprint density at radius 3 is 0.705 bits per heavy atom. The van der Waals surface area contributed by atoms with Gasteiger partial charge in [0.15, 0.2) is 0 Å². The maximum absolute atomic E-state index is 9.56. The van der Waals surface area contributed by atoms with Crippen LogP contribution in [0, 0.1) is 34.0 Å². The summed E-state index contributed by atoms with van der Waals surface area (Å²) in [6.07, 6.45) is 0. The predicted molar refractivity (Wildman–Crippen MR) is 462 cm³/mol. The molecule has 112 heavy (non-hydrogen) atoms. The molecule has 21 aromatic rings. The fourth-order valence-corrected chi connectivity index (χ4v) is 16.8. The molecule has 0 bridgehead atoms. The standard InChI is InChI=1S/C55H35N3.C50H30N4/c56-36-37-11-8-14-41(31-37)43-16-10-18-47(33-43)58-53-22-7-5-20-49(53)51-35-45(28-30-55(51)58)40-25-23-39(24-26-40)44-27-29-54-50(34-44)48-19-4-6-21-52(48)57(54)46-17-9-15-42(32-46)38-12-2-1-3-13-38;51-31-33-15-17-35(18-16-33)38-8-6-10-42(28-38)54-48-14-4-2-12-44(48)46-30-40(24-26-50(46)54)37-21-19-36(20-22-37)39-23-25-49-45(29-39)43-11-1-3-13-47(43)53(49)41-9-5-7-34(27-41)32-52/h1-35H;1-30H. The van der Waals surface area contributed by atoms with Gasteiger partial charge in [-0.2, -0.15) is 15.8 Å². The van der Waals surface area contributed by atoms with Crippen LogP contribution < -0.4 is 0 Å². The molecule has 0 atom stereocenters. The first-order chi connectivity index (χ1) is 55.4. The van der Waals surface area contributed by atoms with E-state index in [1.165, 1.54) is 93.1 Å². The molecule has 0 aliphatic heterocycles. The predicted octanol–water partition coefficient (Wildman–Crippen LogP) is 27.0. The Balaban J connectivity index is 0.000000146. The molecular weight excluding hydrogens is 1360 g/mol. The van der Waals surface area contributed by atoms with E-state index < -0.39 is 0 Å². The van der Waals surface area contributed by atoms with Gasteiger partial charge in [0.05, 0.1) is 79.0 Å². The molecule has 0 radical (unpaired) electrons. The van der Waals surface area contributed by atoms with Crippen LogP contribution in [0.15, 0.2) is 394 Å². The van der Waals surface area contributed by atoms with Crippen LogP contribution in [0.2, 0.25) is 0 Å². The normalized spacial score (nSPS) is 11.4. The zero-order chi connectivity index (χ0) is 74.8. The number of para-hydroxylation sites is 4. The molecule has 0 saturated carbocycles. The van der Waals surface area contributed by atoms with Crippen LogP contribution in [0.5, 0.6) is 0 Å². The van der Waals surface area contributed by atoms with Gasteiger partial charge in [0.1, 0.15) is 0 Å². The summed E-state index contributed by atoms with van der Waals surface area (Å²) < 4.78 is 9.33. The van der Waals surface area contributed by atoms with Gasteiger partial charge < -0.3 is 18.3 Å². The SMILES string of the molecule is N#Cc1ccc(-c2cccc(-n3c4ccccc4c4cc(-c5ccc(-c6ccc7c(c6)c6ccccc6n7-c6cccc(C#N)c6)cc5)ccc43)c2)cc1.N#Cc1cccc(-c2cccc(-n3c4ccccc4c4cc(-c5ccc(-c6ccc7c(c6)c6ccccc6n7-c6cccc(-c7ccccc7)c6)cc5)ccc43)c2)c1. The Morgan fingerprint density at radius 2 is 0.366 bits per heavy atom. The highest BCUT2D eigenvalue weighted by Gasteiger charge is 2.20. The molecule has 0 fully saturated rings. The quantitative estimate of drug-likeness (QED) is 0.129. The van der Waals surface area contributed by atoms with Crippen LogP contribution >= 0.6 is 0 Å². The van der Waals surface area contributed by atoms with E-state index in [9.17, 15) is 15.8 Å². The van der Waals surface area contributed by atoms with Crippen LogP contribution in [0.25, 0.3) is 188 Å². The molecule has 0 saturated heterocycles. The first-order valence-electron chi connectivity index (χ1n) is 37.6. The molecule has 0 aliphatic carbocycles. The van der Waals surface area contributed by atoms with Gasteiger partial charge in [-0.05, 0) is 230 Å². The van der Waals surface area contributed by atoms with Crippen LogP contribution in [0.4, 0.5) is 0 Å². The Kier molecular flexibility index (Phi) is 16.3. The molecule has 0 amide bonds. The number of nitriles is 3. The van der Waals surface area contributed by atoms with E-state index >= 15 is 0 Å². The van der Waals surface area contributed by atoms with Gasteiger partial charge in [0, 0.05) is 65.8 Å². The summed E-state index contributed by atoms with van der Waals surface area (Å²) in [5.41, 5.74) is 31.6. The van der Waals surface area contributed by atoms with Gasteiger partial charge in [0.2, 0.25) is 0 Å². The Bertz CT molecular complexity index is 7450. The van der Waals surface area contributed by atoms with Crippen molar-refractivity contribution in [2.75, 3.05) is 0 Å². The maximum Gasteiger partial charge on any atom is 0.0992 e. The van der Waals surface area contributed by atoms with Gasteiger partial charge in [-0.15, -0.1) is 0 Å². The lowest BCUT2D eigenvalue weighted by molar-refractivity contribution is 1.18. The van der Waals surface area contributed by atoms with Crippen molar-refractivity contribution in [3.8, 4) is 119 Å². The second-order valence-electron chi connectivity index (χ2n) is 28.6. The van der Waals surface area contributed by atoms with Crippen molar-refractivity contribution >= 4 is 87.2 Å². The van der Waals surface area contributed by atoms with Gasteiger partial charge in [-0.25, -0.2) is 0 Å². The summed E-state index contributed by atoms with van der Waals surface area (Å²) in [4.78, 5) is 0. The highest BCUT2D eigenvalue weighted by molar-refractivity contribution is 6.14. The third-order valence-electron chi connectivity index (χ3n) is 22.1. The number of nitrogens with zero attached hydrogens (tertiary/aromatic N) is 7. The minimum absolute atomic E-state index is 0.644. The lowest BCUT2D eigenvalue weighted by Crippen LogP contribution is -1.94. The summed E-state index contributed by atoms with van der Waals surface area (Å²) in [7, 11) is 0. The molecule has 0 aliphatic rings. The molecule has 520 valence electrons. The monoisotopic (exact) mass is 1420 g/mol. The Labute approximate surface area is 647 Å². The van der Waals surface area contributed by atoms with Crippen molar-refractivity contribution in [3.05, 3.63) is 411 Å². The lowest BCUT2D eigenvalue weighted by atomic mass is 9.98. The van der Waals surface area contributed by atoms with Crippen LogP contribution in [0.1, 0.15) is 16.7 Å². The van der Waals surface area contributed by atoms with Crippen molar-refractivity contribution in [2.45, 2.75) is 0 Å². The van der Waals surface area contributed by atoms with Gasteiger partial charge in [0.25, 0.3) is 0 Å². The van der Waals surface area contributed by atoms with E-state index in [2.05, 4.69) is 370 Å². The van der Waals surface area contributed by atoms with Crippen LogP contribution in [0.3, 0.4) is 0 Å². The fraction of sp³-hybridized carbons (Fsp3) is 0. The van der Waals surface area contributed by atoms with Crippen molar-refractivity contribution < 1.29 is 0 Å². The molecule has 0 unspecified atom stereocenters. The summed E-state index contributed by atoms with van der Waals surface area (Å²) >= 11 is 0. The van der Waals surface area contributed by atoms with Crippen molar-refractivity contribution in [1.29, 1.82) is 15.8 Å². The molecule has 7 heteroatoms. The number of fused-ring (bicyclic) bond motifs is 12. The molecule has 17 aromatic carbocycles. The van der Waals surface area contributed by atoms with E-state index in [1.807, 2.05) is 60.7 Å². The smallest absolute Gasteiger partial charge is 0.0992 e.